The molecule has 7 nitrogen and oxygen atoms in total. The van der Waals surface area contributed by atoms with Crippen LogP contribution in [0.2, 0.25) is 0 Å². The molecule has 0 aliphatic carbocycles. The Balaban J connectivity index is 1.13. The molecule has 0 bridgehead atoms. The van der Waals surface area contributed by atoms with Crippen LogP contribution in [0.15, 0.2) is 78.9 Å². The molecule has 1 fully saturated rings. The first-order valence-electron chi connectivity index (χ1n) is 12.5. The highest BCUT2D eigenvalue weighted by molar-refractivity contribution is 5.92. The molecule has 0 radical (unpaired) electrons. The second-order valence-corrected chi connectivity index (χ2v) is 9.24. The van der Waals surface area contributed by atoms with Gasteiger partial charge in [0.05, 0.1) is 5.52 Å². The topological polar surface area (TPSA) is 82.2 Å². The zero-order valence-electron chi connectivity index (χ0n) is 20.6. The third-order valence-corrected chi connectivity index (χ3v) is 6.72. The van der Waals surface area contributed by atoms with E-state index in [4.69, 9.17) is 0 Å². The SMILES string of the molecule is CNc1nc(NCc2ccc(NC(=O)C3CCN(Cc4ccccc4)CC3)cc2)c2ccccc2n1. The summed E-state index contributed by atoms with van der Waals surface area (Å²) in [6.07, 6.45) is 1.78. The molecule has 4 aromatic rings. The van der Waals surface area contributed by atoms with Crippen molar-refractivity contribution < 1.29 is 4.79 Å². The van der Waals surface area contributed by atoms with E-state index in [-0.39, 0.29) is 11.8 Å². The van der Waals surface area contributed by atoms with E-state index in [0.29, 0.717) is 12.5 Å². The molecule has 1 aliphatic rings. The highest BCUT2D eigenvalue weighted by Crippen LogP contribution is 2.23. The van der Waals surface area contributed by atoms with E-state index in [1.54, 1.807) is 0 Å². The standard InChI is InChI=1S/C29H32N6O/c1-30-29-33-26-10-6-5-9-25(26)27(34-29)31-19-21-11-13-24(14-12-21)32-28(36)23-15-17-35(18-16-23)20-22-7-3-2-4-8-22/h2-14,23H,15-20H2,1H3,(H,32,36)(H2,30,31,33,34). The number of hydrogen-bond acceptors (Lipinski definition) is 6. The van der Waals surface area contributed by atoms with Crippen molar-refractivity contribution in [3.05, 3.63) is 90.0 Å². The van der Waals surface area contributed by atoms with Crippen LogP contribution in [0.25, 0.3) is 10.9 Å². The largest absolute Gasteiger partial charge is 0.365 e. The van der Waals surface area contributed by atoms with Gasteiger partial charge in [0, 0.05) is 37.1 Å². The summed E-state index contributed by atoms with van der Waals surface area (Å²) < 4.78 is 0. The predicted octanol–water partition coefficient (Wildman–Crippen LogP) is 5.13. The molecule has 1 saturated heterocycles. The minimum atomic E-state index is 0.0609. The average Bonchev–Trinajstić information content (AvgIpc) is 2.93. The van der Waals surface area contributed by atoms with E-state index < -0.39 is 0 Å². The maximum atomic E-state index is 12.9. The minimum absolute atomic E-state index is 0.0609. The molecule has 0 unspecified atom stereocenters. The van der Waals surface area contributed by atoms with Crippen molar-refractivity contribution >= 4 is 34.3 Å². The number of fused-ring (bicyclic) bond motifs is 1. The first-order chi connectivity index (χ1) is 17.7. The first-order valence-corrected chi connectivity index (χ1v) is 12.5. The van der Waals surface area contributed by atoms with Gasteiger partial charge in [0.25, 0.3) is 0 Å². The highest BCUT2D eigenvalue weighted by Gasteiger charge is 2.25. The van der Waals surface area contributed by atoms with Crippen LogP contribution < -0.4 is 16.0 Å². The number of carbonyl (C=O) groups excluding carboxylic acids is 1. The van der Waals surface area contributed by atoms with Crippen LogP contribution in [-0.4, -0.2) is 40.9 Å². The Hall–Kier alpha value is -3.97. The van der Waals surface area contributed by atoms with Crippen LogP contribution in [0.5, 0.6) is 0 Å². The Morgan fingerprint density at radius 3 is 2.36 bits per heavy atom. The van der Waals surface area contributed by atoms with E-state index in [0.717, 1.165) is 60.4 Å². The molecular formula is C29H32N6O. The lowest BCUT2D eigenvalue weighted by Crippen LogP contribution is -2.37. The van der Waals surface area contributed by atoms with Gasteiger partial charge >= 0.3 is 0 Å². The Morgan fingerprint density at radius 2 is 1.61 bits per heavy atom. The van der Waals surface area contributed by atoms with Gasteiger partial charge in [-0.3, -0.25) is 9.69 Å². The number of likely N-dealkylation sites (tertiary alicyclic amines) is 1. The zero-order chi connectivity index (χ0) is 24.7. The molecule has 1 aromatic heterocycles. The third kappa shape index (κ3) is 5.80. The lowest BCUT2D eigenvalue weighted by atomic mass is 9.95. The van der Waals surface area contributed by atoms with Crippen LogP contribution in [0.4, 0.5) is 17.5 Å². The van der Waals surface area contributed by atoms with E-state index in [1.165, 1.54) is 5.56 Å². The van der Waals surface area contributed by atoms with Crippen LogP contribution in [0, 0.1) is 5.92 Å². The Labute approximate surface area is 212 Å². The second-order valence-electron chi connectivity index (χ2n) is 9.24. The summed E-state index contributed by atoms with van der Waals surface area (Å²) in [5, 5.41) is 10.5. The number of hydrogen-bond donors (Lipinski definition) is 3. The summed E-state index contributed by atoms with van der Waals surface area (Å²) in [7, 11) is 1.81. The molecule has 0 saturated carbocycles. The normalized spacial score (nSPS) is 14.5. The molecule has 1 aliphatic heterocycles. The number of aromatic nitrogens is 2. The summed E-state index contributed by atoms with van der Waals surface area (Å²) in [4.78, 5) is 24.4. The minimum Gasteiger partial charge on any atom is -0.365 e. The Morgan fingerprint density at radius 1 is 0.889 bits per heavy atom. The summed E-state index contributed by atoms with van der Waals surface area (Å²) in [6.45, 7) is 3.47. The maximum Gasteiger partial charge on any atom is 0.227 e. The lowest BCUT2D eigenvalue weighted by Gasteiger charge is -2.31. The zero-order valence-corrected chi connectivity index (χ0v) is 20.6. The van der Waals surface area contributed by atoms with Gasteiger partial charge in [0.1, 0.15) is 5.82 Å². The van der Waals surface area contributed by atoms with Gasteiger partial charge < -0.3 is 16.0 Å². The molecule has 0 spiro atoms. The van der Waals surface area contributed by atoms with Gasteiger partial charge in [0.15, 0.2) is 0 Å². The van der Waals surface area contributed by atoms with Gasteiger partial charge in [-0.25, -0.2) is 4.98 Å². The number of rotatable bonds is 8. The average molecular weight is 481 g/mol. The molecular weight excluding hydrogens is 448 g/mol. The number of anilines is 3. The third-order valence-electron chi connectivity index (χ3n) is 6.72. The number of amides is 1. The number of para-hydroxylation sites is 1. The maximum absolute atomic E-state index is 12.9. The van der Waals surface area contributed by atoms with E-state index >= 15 is 0 Å². The molecule has 7 heteroatoms. The van der Waals surface area contributed by atoms with Gasteiger partial charge in [-0.05, 0) is 61.3 Å². The molecule has 184 valence electrons. The van der Waals surface area contributed by atoms with Crippen molar-refractivity contribution in [2.24, 2.45) is 5.92 Å². The first kappa shape index (κ1) is 23.8. The monoisotopic (exact) mass is 480 g/mol. The number of benzene rings is 3. The molecule has 5 rings (SSSR count). The van der Waals surface area contributed by atoms with E-state index in [2.05, 4.69) is 55.1 Å². The summed E-state index contributed by atoms with van der Waals surface area (Å²) >= 11 is 0. The fraction of sp³-hybridized carbons (Fsp3) is 0.276. The van der Waals surface area contributed by atoms with Crippen molar-refractivity contribution in [3.63, 3.8) is 0 Å². The summed E-state index contributed by atoms with van der Waals surface area (Å²) in [5.74, 6) is 1.55. The van der Waals surface area contributed by atoms with Crippen LogP contribution in [0.1, 0.15) is 24.0 Å². The van der Waals surface area contributed by atoms with Crippen molar-refractivity contribution in [1.29, 1.82) is 0 Å². The molecule has 0 atom stereocenters. The lowest BCUT2D eigenvalue weighted by molar-refractivity contribution is -0.121. The summed E-state index contributed by atoms with van der Waals surface area (Å²) in [6, 6.07) is 26.5. The van der Waals surface area contributed by atoms with Gasteiger partial charge in [-0.15, -0.1) is 0 Å². The molecule has 2 heterocycles. The Kier molecular flexibility index (Phi) is 7.38. The van der Waals surface area contributed by atoms with E-state index in [1.807, 2.05) is 61.6 Å². The second kappa shape index (κ2) is 11.2. The number of carbonyl (C=O) groups is 1. The molecule has 36 heavy (non-hydrogen) atoms. The molecule has 1 amide bonds. The summed E-state index contributed by atoms with van der Waals surface area (Å²) in [5.41, 5.74) is 4.16. The van der Waals surface area contributed by atoms with E-state index in [9.17, 15) is 4.79 Å². The molecule has 3 N–H and O–H groups in total. The quantitative estimate of drug-likeness (QED) is 0.324. The molecule has 3 aromatic carbocycles. The fourth-order valence-corrected chi connectivity index (χ4v) is 4.65. The number of nitrogens with zero attached hydrogens (tertiary/aromatic N) is 3. The Bertz CT molecular complexity index is 1300. The van der Waals surface area contributed by atoms with Crippen LogP contribution >= 0.6 is 0 Å². The highest BCUT2D eigenvalue weighted by atomic mass is 16.1. The van der Waals surface area contributed by atoms with Crippen molar-refractivity contribution in [2.45, 2.75) is 25.9 Å². The predicted molar refractivity (Wildman–Crippen MR) is 146 cm³/mol. The van der Waals surface area contributed by atoms with Crippen LogP contribution in [0.3, 0.4) is 0 Å². The van der Waals surface area contributed by atoms with Gasteiger partial charge in [-0.1, -0.05) is 54.6 Å². The smallest absolute Gasteiger partial charge is 0.227 e. The van der Waals surface area contributed by atoms with Crippen LogP contribution in [-0.2, 0) is 17.9 Å². The van der Waals surface area contributed by atoms with Crippen molar-refractivity contribution in [1.82, 2.24) is 14.9 Å². The van der Waals surface area contributed by atoms with Gasteiger partial charge in [-0.2, -0.15) is 4.98 Å². The van der Waals surface area contributed by atoms with Crippen molar-refractivity contribution in [3.8, 4) is 0 Å². The fourth-order valence-electron chi connectivity index (χ4n) is 4.65. The van der Waals surface area contributed by atoms with Gasteiger partial charge in [0.2, 0.25) is 11.9 Å². The number of nitrogens with one attached hydrogen (secondary N) is 3. The van der Waals surface area contributed by atoms with Crippen molar-refractivity contribution in [2.75, 3.05) is 36.1 Å². The number of piperidine rings is 1.